The van der Waals surface area contributed by atoms with Gasteiger partial charge in [-0.2, -0.15) is 0 Å². The number of benzene rings is 1. The van der Waals surface area contributed by atoms with Crippen molar-refractivity contribution in [3.63, 3.8) is 0 Å². The largest absolute Gasteiger partial charge is 0.496 e. The van der Waals surface area contributed by atoms with Crippen LogP contribution in [0.2, 0.25) is 0 Å². The molecule has 2 rings (SSSR count). The van der Waals surface area contributed by atoms with Crippen LogP contribution >= 0.6 is 24.0 Å². The Hall–Kier alpha value is -1.02. The molecule has 0 amide bonds. The second-order valence-corrected chi connectivity index (χ2v) is 6.32. The van der Waals surface area contributed by atoms with Crippen LogP contribution in [-0.2, 0) is 10.2 Å². The predicted molar refractivity (Wildman–Crippen MR) is 115 cm³/mol. The monoisotopic (exact) mass is 461 g/mol. The number of methoxy groups -OCH3 is 1. The second-order valence-electron chi connectivity index (χ2n) is 6.32. The summed E-state index contributed by atoms with van der Waals surface area (Å²) >= 11 is 0. The third-order valence-electron chi connectivity index (χ3n) is 4.60. The van der Waals surface area contributed by atoms with Gasteiger partial charge in [-0.25, -0.2) is 0 Å². The van der Waals surface area contributed by atoms with Gasteiger partial charge in [0.05, 0.1) is 13.7 Å². The molecule has 1 fully saturated rings. The van der Waals surface area contributed by atoms with Crippen molar-refractivity contribution in [2.45, 2.75) is 39.0 Å². The Balaban J connectivity index is 0.00000312. The lowest BCUT2D eigenvalue weighted by Crippen LogP contribution is -2.41. The van der Waals surface area contributed by atoms with Gasteiger partial charge in [0.25, 0.3) is 0 Å². The van der Waals surface area contributed by atoms with Crippen LogP contribution in [-0.4, -0.2) is 45.9 Å². The summed E-state index contributed by atoms with van der Waals surface area (Å²) in [6.45, 7) is 10.3. The van der Waals surface area contributed by atoms with Gasteiger partial charge in [-0.05, 0) is 39.7 Å². The highest BCUT2D eigenvalue weighted by Gasteiger charge is 2.37. The molecule has 0 atom stereocenters. The van der Waals surface area contributed by atoms with E-state index in [0.29, 0.717) is 0 Å². The zero-order chi connectivity index (χ0) is 17.4. The van der Waals surface area contributed by atoms with E-state index in [-0.39, 0.29) is 29.4 Å². The summed E-state index contributed by atoms with van der Waals surface area (Å²) in [7, 11) is 1.74. The normalized spacial score (nSPS) is 15.7. The van der Waals surface area contributed by atoms with Gasteiger partial charge in [-0.15, -0.1) is 24.0 Å². The van der Waals surface area contributed by atoms with Crippen molar-refractivity contribution >= 4 is 29.9 Å². The topological polar surface area (TPSA) is 54.9 Å². The first-order valence-electron chi connectivity index (χ1n) is 8.90. The fourth-order valence-electron chi connectivity index (χ4n) is 3.25. The molecule has 0 spiro atoms. The van der Waals surface area contributed by atoms with Crippen molar-refractivity contribution in [1.82, 2.24) is 10.6 Å². The highest BCUT2D eigenvalue weighted by molar-refractivity contribution is 14.0. The lowest BCUT2D eigenvalue weighted by molar-refractivity contribution is 0.0522. The predicted octanol–water partition coefficient (Wildman–Crippen LogP) is 3.24. The average Bonchev–Trinajstić information content (AvgIpc) is 2.61. The third-order valence-corrected chi connectivity index (χ3v) is 4.60. The molecular weight excluding hydrogens is 429 g/mol. The van der Waals surface area contributed by atoms with Crippen LogP contribution in [0.1, 0.15) is 37.8 Å². The van der Waals surface area contributed by atoms with Crippen LogP contribution in [0.5, 0.6) is 5.75 Å². The molecule has 1 aliphatic rings. The zero-order valence-corrected chi connectivity index (χ0v) is 18.2. The summed E-state index contributed by atoms with van der Waals surface area (Å²) in [6.07, 6.45) is 1.92. The Kier molecular flexibility index (Phi) is 9.56. The van der Waals surface area contributed by atoms with E-state index in [4.69, 9.17) is 14.5 Å². The zero-order valence-electron chi connectivity index (χ0n) is 15.9. The number of halogens is 1. The molecular formula is C19H32IN3O2. The molecule has 142 valence electrons. The minimum Gasteiger partial charge on any atom is -0.496 e. The van der Waals surface area contributed by atoms with E-state index in [0.717, 1.165) is 57.4 Å². The van der Waals surface area contributed by atoms with Crippen LogP contribution in [0.25, 0.3) is 0 Å². The number of ether oxygens (including phenoxy) is 2. The maximum atomic E-state index is 5.66. The van der Waals surface area contributed by atoms with Crippen molar-refractivity contribution in [2.75, 3.05) is 40.0 Å². The van der Waals surface area contributed by atoms with E-state index in [1.54, 1.807) is 7.11 Å². The minimum absolute atomic E-state index is 0. The molecule has 1 aromatic carbocycles. The molecule has 0 aliphatic carbocycles. The SMILES string of the molecule is CCNC(=NCC1(c2cc(C)ccc2OC)CCOCC1)NCC.I. The molecule has 0 bridgehead atoms. The van der Waals surface area contributed by atoms with E-state index in [2.05, 4.69) is 49.6 Å². The lowest BCUT2D eigenvalue weighted by atomic mass is 9.73. The van der Waals surface area contributed by atoms with Gasteiger partial charge in [0.2, 0.25) is 0 Å². The minimum atomic E-state index is -0.0360. The standard InChI is InChI=1S/C19H31N3O2.HI/c1-5-20-18(21-6-2)22-14-19(9-11-24-12-10-19)16-13-15(3)7-8-17(16)23-4;/h7-8,13H,5-6,9-12,14H2,1-4H3,(H2,20,21,22);1H. The highest BCUT2D eigenvalue weighted by atomic mass is 127. The summed E-state index contributed by atoms with van der Waals surface area (Å²) in [6, 6.07) is 6.42. The maximum Gasteiger partial charge on any atom is 0.191 e. The average molecular weight is 461 g/mol. The van der Waals surface area contributed by atoms with Crippen LogP contribution in [0.15, 0.2) is 23.2 Å². The fourth-order valence-corrected chi connectivity index (χ4v) is 3.25. The van der Waals surface area contributed by atoms with Crippen molar-refractivity contribution < 1.29 is 9.47 Å². The fraction of sp³-hybridized carbons (Fsp3) is 0.632. The number of nitrogens with one attached hydrogen (secondary N) is 2. The van der Waals surface area contributed by atoms with Crippen LogP contribution in [0, 0.1) is 6.92 Å². The number of hydrogen-bond acceptors (Lipinski definition) is 3. The Morgan fingerprint density at radius 1 is 1.20 bits per heavy atom. The molecule has 1 heterocycles. The van der Waals surface area contributed by atoms with Gasteiger partial charge in [-0.3, -0.25) is 4.99 Å². The van der Waals surface area contributed by atoms with E-state index in [9.17, 15) is 0 Å². The van der Waals surface area contributed by atoms with Crippen LogP contribution < -0.4 is 15.4 Å². The van der Waals surface area contributed by atoms with Crippen molar-refractivity contribution in [2.24, 2.45) is 4.99 Å². The molecule has 1 saturated heterocycles. The number of aliphatic imine (C=N–C) groups is 1. The molecule has 25 heavy (non-hydrogen) atoms. The van der Waals surface area contributed by atoms with Gasteiger partial charge in [-0.1, -0.05) is 17.7 Å². The van der Waals surface area contributed by atoms with E-state index < -0.39 is 0 Å². The van der Waals surface area contributed by atoms with Crippen molar-refractivity contribution in [1.29, 1.82) is 0 Å². The highest BCUT2D eigenvalue weighted by Crippen LogP contribution is 2.40. The van der Waals surface area contributed by atoms with Gasteiger partial charge >= 0.3 is 0 Å². The molecule has 1 aromatic rings. The summed E-state index contributed by atoms with van der Waals surface area (Å²) in [5, 5.41) is 6.62. The molecule has 5 nitrogen and oxygen atoms in total. The Bertz CT molecular complexity index is 550. The first kappa shape index (κ1) is 22.0. The molecule has 2 N–H and O–H groups in total. The molecule has 0 radical (unpaired) electrons. The van der Waals surface area contributed by atoms with Gasteiger partial charge in [0.15, 0.2) is 5.96 Å². The summed E-state index contributed by atoms with van der Waals surface area (Å²) in [4.78, 5) is 4.86. The van der Waals surface area contributed by atoms with Crippen LogP contribution in [0.3, 0.4) is 0 Å². The molecule has 0 saturated carbocycles. The van der Waals surface area contributed by atoms with E-state index in [1.165, 1.54) is 11.1 Å². The number of guanidine groups is 1. The number of hydrogen-bond donors (Lipinski definition) is 2. The van der Waals surface area contributed by atoms with Gasteiger partial charge in [0.1, 0.15) is 5.75 Å². The summed E-state index contributed by atoms with van der Waals surface area (Å²) in [5.41, 5.74) is 2.47. The van der Waals surface area contributed by atoms with Crippen molar-refractivity contribution in [3.05, 3.63) is 29.3 Å². The second kappa shape index (κ2) is 10.9. The Labute approximate surface area is 169 Å². The Morgan fingerprint density at radius 2 is 1.84 bits per heavy atom. The first-order valence-corrected chi connectivity index (χ1v) is 8.90. The molecule has 6 heteroatoms. The lowest BCUT2D eigenvalue weighted by Gasteiger charge is -2.37. The van der Waals surface area contributed by atoms with E-state index in [1.807, 2.05) is 0 Å². The third kappa shape index (κ3) is 5.74. The van der Waals surface area contributed by atoms with Gasteiger partial charge in [0, 0.05) is 37.3 Å². The Morgan fingerprint density at radius 3 is 2.40 bits per heavy atom. The molecule has 0 unspecified atom stereocenters. The van der Waals surface area contributed by atoms with E-state index >= 15 is 0 Å². The van der Waals surface area contributed by atoms with Crippen molar-refractivity contribution in [3.8, 4) is 5.75 Å². The van der Waals surface area contributed by atoms with Crippen LogP contribution in [0.4, 0.5) is 0 Å². The maximum absolute atomic E-state index is 5.66. The smallest absolute Gasteiger partial charge is 0.191 e. The van der Waals surface area contributed by atoms with Gasteiger partial charge < -0.3 is 20.1 Å². The number of rotatable bonds is 6. The summed E-state index contributed by atoms with van der Waals surface area (Å²) < 4.78 is 11.3. The first-order chi connectivity index (χ1) is 11.6. The summed E-state index contributed by atoms with van der Waals surface area (Å²) in [5.74, 6) is 1.82. The molecule has 0 aromatic heterocycles. The quantitative estimate of drug-likeness (QED) is 0.388. The number of aryl methyl sites for hydroxylation is 1. The number of nitrogens with zero attached hydrogens (tertiary/aromatic N) is 1. The molecule has 1 aliphatic heterocycles.